The number of pyridine rings is 1. The van der Waals surface area contributed by atoms with Gasteiger partial charge in [0.05, 0.1) is 16.6 Å². The van der Waals surface area contributed by atoms with Gasteiger partial charge in [0.15, 0.2) is 6.20 Å². The van der Waals surface area contributed by atoms with E-state index in [1.807, 2.05) is 0 Å². The summed E-state index contributed by atoms with van der Waals surface area (Å²) in [5.41, 5.74) is 11.2. The molecule has 0 saturated carbocycles. The Morgan fingerprint density at radius 2 is 1.71 bits per heavy atom. The number of hydrogen-bond acceptors (Lipinski definition) is 1. The Bertz CT molecular complexity index is 1260. The summed E-state index contributed by atoms with van der Waals surface area (Å²) in [4.78, 5) is 4.85. The molecule has 3 heteroatoms. The average Bonchev–Trinajstić information content (AvgIpc) is 3.18. The first-order valence-electron chi connectivity index (χ1n) is 9.76. The highest BCUT2D eigenvalue weighted by Gasteiger charge is 2.21. The maximum Gasteiger partial charge on any atom is 0.213 e. The fourth-order valence-corrected chi connectivity index (χ4v) is 4.33. The van der Waals surface area contributed by atoms with E-state index in [1.165, 1.54) is 44.6 Å². The summed E-state index contributed by atoms with van der Waals surface area (Å²) in [6.45, 7) is 6.53. The number of benzene rings is 2. The smallest absolute Gasteiger partial charge is 0.213 e. The number of fused-ring (bicyclic) bond motifs is 3. The number of allylic oxidation sites excluding steroid dienone is 1. The topological polar surface area (TPSA) is 21.7 Å². The van der Waals surface area contributed by atoms with E-state index < -0.39 is 0 Å². The van der Waals surface area contributed by atoms with Crippen molar-refractivity contribution in [2.45, 2.75) is 27.2 Å². The summed E-state index contributed by atoms with van der Waals surface area (Å²) in [6, 6.07) is 17.5. The highest BCUT2D eigenvalue weighted by molar-refractivity contribution is 5.86. The Morgan fingerprint density at radius 3 is 2.50 bits per heavy atom. The molecular weight excluding hydrogens is 342 g/mol. The summed E-state index contributed by atoms with van der Waals surface area (Å²) < 4.78 is 4.48. The predicted molar refractivity (Wildman–Crippen MR) is 115 cm³/mol. The van der Waals surface area contributed by atoms with Gasteiger partial charge in [-0.25, -0.2) is 9.55 Å². The van der Waals surface area contributed by atoms with Crippen molar-refractivity contribution in [1.82, 2.24) is 9.55 Å². The van der Waals surface area contributed by atoms with Gasteiger partial charge in [-0.2, -0.15) is 0 Å². The van der Waals surface area contributed by atoms with Crippen LogP contribution < -0.4 is 4.57 Å². The maximum absolute atomic E-state index is 4.85. The molecule has 0 unspecified atom stereocenters. The fraction of sp³-hybridized carbons (Fsp3) is 0.200. The molecule has 2 aromatic carbocycles. The lowest BCUT2D eigenvalue weighted by molar-refractivity contribution is -0.660. The quantitative estimate of drug-likeness (QED) is 0.445. The van der Waals surface area contributed by atoms with Crippen LogP contribution in [0.2, 0.25) is 0 Å². The monoisotopic (exact) mass is 366 g/mol. The predicted octanol–water partition coefficient (Wildman–Crippen LogP) is 5.23. The Kier molecular flexibility index (Phi) is 3.73. The first kappa shape index (κ1) is 16.9. The highest BCUT2D eigenvalue weighted by atomic mass is 15.1. The SMILES string of the molecule is CC1=Cn2c(nc3cc(C)c(-c4cc(-c5ccccc5)c(C)c[n+]4C)cc32)C1. The molecule has 0 saturated heterocycles. The van der Waals surface area contributed by atoms with Gasteiger partial charge in [0.2, 0.25) is 5.69 Å². The molecule has 0 bridgehead atoms. The van der Waals surface area contributed by atoms with Crippen LogP contribution in [0.3, 0.4) is 0 Å². The summed E-state index contributed by atoms with van der Waals surface area (Å²) >= 11 is 0. The molecule has 138 valence electrons. The number of hydrogen-bond donors (Lipinski definition) is 0. The number of aromatic nitrogens is 3. The van der Waals surface area contributed by atoms with Crippen molar-refractivity contribution in [2.24, 2.45) is 7.05 Å². The third-order valence-corrected chi connectivity index (χ3v) is 5.73. The molecule has 0 fully saturated rings. The van der Waals surface area contributed by atoms with E-state index in [2.05, 4.69) is 97.9 Å². The minimum absolute atomic E-state index is 0.944. The van der Waals surface area contributed by atoms with E-state index in [0.29, 0.717) is 0 Å². The Morgan fingerprint density at radius 1 is 0.929 bits per heavy atom. The number of rotatable bonds is 2. The molecule has 0 amide bonds. The second-order valence-electron chi connectivity index (χ2n) is 7.94. The molecule has 4 aromatic rings. The average molecular weight is 366 g/mol. The van der Waals surface area contributed by atoms with Gasteiger partial charge < -0.3 is 4.57 Å². The Hall–Kier alpha value is -3.20. The third-order valence-electron chi connectivity index (χ3n) is 5.73. The van der Waals surface area contributed by atoms with Gasteiger partial charge in [0.25, 0.3) is 0 Å². The molecular formula is C25H24N3+. The van der Waals surface area contributed by atoms with Gasteiger partial charge in [0, 0.05) is 24.3 Å². The Balaban J connectivity index is 1.74. The van der Waals surface area contributed by atoms with E-state index in [4.69, 9.17) is 4.98 Å². The standard InChI is InChI=1S/C25H24N3/c1-16-10-25-26-22-11-17(2)21(13-24(22)28(25)14-16)23-12-20(18(3)15-27(23)4)19-8-6-5-7-9-19/h5-9,11-15H,10H2,1-4H3/q+1. The number of nitrogens with zero attached hydrogens (tertiary/aromatic N) is 3. The van der Waals surface area contributed by atoms with E-state index in [0.717, 1.165) is 17.8 Å². The summed E-state index contributed by atoms with van der Waals surface area (Å²) in [5.74, 6) is 1.14. The molecule has 0 spiro atoms. The van der Waals surface area contributed by atoms with Gasteiger partial charge in [-0.15, -0.1) is 0 Å². The zero-order valence-electron chi connectivity index (χ0n) is 16.8. The third kappa shape index (κ3) is 2.58. The van der Waals surface area contributed by atoms with Gasteiger partial charge in [-0.05, 0) is 55.2 Å². The maximum atomic E-state index is 4.85. The number of aryl methyl sites for hydroxylation is 3. The van der Waals surface area contributed by atoms with Crippen LogP contribution in [-0.2, 0) is 13.5 Å². The fourth-order valence-electron chi connectivity index (χ4n) is 4.33. The number of imidazole rings is 1. The molecule has 5 rings (SSSR count). The molecule has 1 aliphatic heterocycles. The van der Waals surface area contributed by atoms with Crippen molar-refractivity contribution < 1.29 is 4.57 Å². The van der Waals surface area contributed by atoms with E-state index >= 15 is 0 Å². The lowest BCUT2D eigenvalue weighted by atomic mass is 9.97. The van der Waals surface area contributed by atoms with Crippen molar-refractivity contribution in [3.63, 3.8) is 0 Å². The zero-order valence-corrected chi connectivity index (χ0v) is 16.8. The first-order valence-corrected chi connectivity index (χ1v) is 9.76. The summed E-state index contributed by atoms with van der Waals surface area (Å²) in [5, 5.41) is 0. The van der Waals surface area contributed by atoms with Gasteiger partial charge in [-0.3, -0.25) is 0 Å². The van der Waals surface area contributed by atoms with Crippen LogP contribution in [0.4, 0.5) is 0 Å². The van der Waals surface area contributed by atoms with E-state index in [9.17, 15) is 0 Å². The van der Waals surface area contributed by atoms with Crippen molar-refractivity contribution in [3.05, 3.63) is 77.3 Å². The molecule has 0 aliphatic carbocycles. The van der Waals surface area contributed by atoms with Crippen LogP contribution >= 0.6 is 0 Å². The normalized spacial score (nSPS) is 13.1. The molecule has 0 radical (unpaired) electrons. The lowest BCUT2D eigenvalue weighted by Gasteiger charge is -2.10. The second-order valence-corrected chi connectivity index (χ2v) is 7.94. The van der Waals surface area contributed by atoms with Crippen molar-refractivity contribution in [1.29, 1.82) is 0 Å². The van der Waals surface area contributed by atoms with Crippen molar-refractivity contribution in [2.75, 3.05) is 0 Å². The summed E-state index contributed by atoms with van der Waals surface area (Å²) in [6.07, 6.45) is 5.39. The van der Waals surface area contributed by atoms with Gasteiger partial charge in [-0.1, -0.05) is 30.3 Å². The minimum Gasteiger partial charge on any atom is -0.303 e. The molecule has 0 atom stereocenters. The van der Waals surface area contributed by atoms with E-state index in [1.54, 1.807) is 0 Å². The van der Waals surface area contributed by atoms with Gasteiger partial charge >= 0.3 is 0 Å². The minimum atomic E-state index is 0.944. The molecule has 3 heterocycles. The second kappa shape index (κ2) is 6.16. The van der Waals surface area contributed by atoms with Crippen LogP contribution in [0.5, 0.6) is 0 Å². The highest BCUT2D eigenvalue weighted by Crippen LogP contribution is 2.32. The molecule has 0 N–H and O–H groups in total. The largest absolute Gasteiger partial charge is 0.303 e. The summed E-state index contributed by atoms with van der Waals surface area (Å²) in [7, 11) is 2.13. The van der Waals surface area contributed by atoms with Gasteiger partial charge in [0.1, 0.15) is 12.9 Å². The van der Waals surface area contributed by atoms with E-state index in [-0.39, 0.29) is 0 Å². The molecule has 3 nitrogen and oxygen atoms in total. The lowest BCUT2D eigenvalue weighted by Crippen LogP contribution is -2.31. The van der Waals surface area contributed by atoms with Crippen LogP contribution in [0, 0.1) is 13.8 Å². The molecule has 1 aliphatic rings. The van der Waals surface area contributed by atoms with Crippen molar-refractivity contribution in [3.8, 4) is 22.4 Å². The molecule has 28 heavy (non-hydrogen) atoms. The first-order chi connectivity index (χ1) is 13.5. The molecule has 2 aromatic heterocycles. The Labute approximate surface area is 165 Å². The van der Waals surface area contributed by atoms with Crippen molar-refractivity contribution >= 4 is 17.2 Å². The van der Waals surface area contributed by atoms with Crippen LogP contribution in [0.1, 0.15) is 23.9 Å². The van der Waals surface area contributed by atoms with Crippen LogP contribution in [-0.4, -0.2) is 9.55 Å². The van der Waals surface area contributed by atoms with Crippen LogP contribution in [0.25, 0.3) is 39.6 Å². The van der Waals surface area contributed by atoms with Crippen LogP contribution in [0.15, 0.2) is 60.3 Å². The zero-order chi connectivity index (χ0) is 19.4.